The van der Waals surface area contributed by atoms with Gasteiger partial charge in [-0.1, -0.05) is 32.9 Å². The van der Waals surface area contributed by atoms with Gasteiger partial charge >= 0.3 is 0 Å². The number of nitrogens with one attached hydrogen (secondary N) is 2. The van der Waals surface area contributed by atoms with Crippen molar-refractivity contribution in [1.29, 1.82) is 0 Å². The van der Waals surface area contributed by atoms with Crippen molar-refractivity contribution in [3.63, 3.8) is 0 Å². The van der Waals surface area contributed by atoms with Crippen LogP contribution in [0.2, 0.25) is 0 Å². The number of amides is 1. The normalized spacial score (nSPS) is 26.4. The Balaban J connectivity index is 2.00. The van der Waals surface area contributed by atoms with Crippen LogP contribution in [0.25, 0.3) is 0 Å². The molecule has 0 saturated carbocycles. The third kappa shape index (κ3) is 4.07. The number of hydrogen-bond acceptors (Lipinski definition) is 2. The molecular weight excluding hydrogens is 260 g/mol. The van der Waals surface area contributed by atoms with Crippen molar-refractivity contribution in [2.75, 3.05) is 0 Å². The Hall–Kier alpha value is -1.35. The summed E-state index contributed by atoms with van der Waals surface area (Å²) in [4.78, 5) is 12.4. The summed E-state index contributed by atoms with van der Waals surface area (Å²) in [7, 11) is 0. The largest absolute Gasteiger partial charge is 0.348 e. The van der Waals surface area contributed by atoms with Crippen molar-refractivity contribution in [1.82, 2.24) is 10.6 Å². The second kappa shape index (κ2) is 6.18. The van der Waals surface area contributed by atoms with E-state index < -0.39 is 0 Å². The molecule has 1 heterocycles. The minimum Gasteiger partial charge on any atom is -0.348 e. The first-order valence-electron chi connectivity index (χ1n) is 7.95. The van der Waals surface area contributed by atoms with Gasteiger partial charge in [0.2, 0.25) is 0 Å². The van der Waals surface area contributed by atoms with Gasteiger partial charge in [0.1, 0.15) is 0 Å². The van der Waals surface area contributed by atoms with Gasteiger partial charge in [-0.25, -0.2) is 0 Å². The Morgan fingerprint density at radius 2 is 1.76 bits per heavy atom. The fourth-order valence-electron chi connectivity index (χ4n) is 2.90. The van der Waals surface area contributed by atoms with E-state index in [0.29, 0.717) is 12.1 Å². The zero-order valence-corrected chi connectivity index (χ0v) is 13.9. The quantitative estimate of drug-likeness (QED) is 0.877. The molecule has 0 aliphatic carbocycles. The molecule has 0 bridgehead atoms. The Morgan fingerprint density at radius 3 is 2.29 bits per heavy atom. The molecule has 1 fully saturated rings. The molecule has 2 N–H and O–H groups in total. The molecule has 0 aromatic heterocycles. The molecule has 3 atom stereocenters. The number of hydrogen-bond donors (Lipinski definition) is 2. The summed E-state index contributed by atoms with van der Waals surface area (Å²) < 4.78 is 0. The summed E-state index contributed by atoms with van der Waals surface area (Å²) >= 11 is 0. The summed E-state index contributed by atoms with van der Waals surface area (Å²) in [5, 5.41) is 6.66. The molecular formula is C18H28N2O. The summed E-state index contributed by atoms with van der Waals surface area (Å²) in [5.74, 6) is 0.0312. The van der Waals surface area contributed by atoms with E-state index in [1.807, 2.05) is 12.1 Å². The van der Waals surface area contributed by atoms with Gasteiger partial charge in [-0.3, -0.25) is 4.79 Å². The molecule has 1 amide bonds. The number of piperidine rings is 1. The van der Waals surface area contributed by atoms with E-state index in [1.165, 1.54) is 5.56 Å². The Morgan fingerprint density at radius 1 is 1.14 bits per heavy atom. The Kier molecular flexibility index (Phi) is 4.72. The minimum atomic E-state index is 0.0312. The average Bonchev–Trinajstić information content (AvgIpc) is 2.41. The average molecular weight is 288 g/mol. The fourth-order valence-corrected chi connectivity index (χ4v) is 2.90. The first kappa shape index (κ1) is 16.0. The van der Waals surface area contributed by atoms with Gasteiger partial charge in [0.25, 0.3) is 5.91 Å². The zero-order valence-electron chi connectivity index (χ0n) is 13.9. The molecule has 21 heavy (non-hydrogen) atoms. The number of carbonyl (C=O) groups is 1. The molecule has 1 aromatic carbocycles. The molecule has 1 aromatic rings. The highest BCUT2D eigenvalue weighted by Gasteiger charge is 2.26. The lowest BCUT2D eigenvalue weighted by molar-refractivity contribution is 0.0914. The molecule has 3 nitrogen and oxygen atoms in total. The lowest BCUT2D eigenvalue weighted by atomic mass is 9.86. The van der Waals surface area contributed by atoms with E-state index in [-0.39, 0.29) is 17.4 Å². The van der Waals surface area contributed by atoms with Crippen LogP contribution in [0, 0.1) is 0 Å². The van der Waals surface area contributed by atoms with Crippen molar-refractivity contribution >= 4 is 5.91 Å². The van der Waals surface area contributed by atoms with E-state index in [9.17, 15) is 4.79 Å². The first-order valence-corrected chi connectivity index (χ1v) is 7.95. The topological polar surface area (TPSA) is 41.1 Å². The van der Waals surface area contributed by atoms with Crippen LogP contribution < -0.4 is 10.6 Å². The van der Waals surface area contributed by atoms with E-state index in [0.717, 1.165) is 18.4 Å². The molecule has 2 rings (SSSR count). The second-order valence-corrected chi connectivity index (χ2v) is 7.34. The molecule has 1 aliphatic rings. The van der Waals surface area contributed by atoms with Gasteiger partial charge in [-0.15, -0.1) is 0 Å². The van der Waals surface area contributed by atoms with Crippen LogP contribution in [0.1, 0.15) is 63.4 Å². The fraction of sp³-hybridized carbons (Fsp3) is 0.611. The van der Waals surface area contributed by atoms with Crippen LogP contribution in [0.15, 0.2) is 24.3 Å². The Bertz CT molecular complexity index is 487. The standard InChI is InChI=1S/C18H28N2O/c1-12-6-11-16(13(2)19-12)20-17(21)14-7-9-15(10-8-14)18(3,4)5/h7-10,12-13,16,19H,6,11H2,1-5H3,(H,20,21). The smallest absolute Gasteiger partial charge is 0.251 e. The van der Waals surface area contributed by atoms with Crippen molar-refractivity contribution in [2.45, 2.75) is 71.0 Å². The highest BCUT2D eigenvalue weighted by atomic mass is 16.1. The van der Waals surface area contributed by atoms with Crippen molar-refractivity contribution in [3.8, 4) is 0 Å². The van der Waals surface area contributed by atoms with Gasteiger partial charge in [0.15, 0.2) is 0 Å². The van der Waals surface area contributed by atoms with E-state index in [1.54, 1.807) is 0 Å². The molecule has 0 spiro atoms. The number of carbonyl (C=O) groups excluding carboxylic acids is 1. The Labute approximate surface area is 128 Å². The van der Waals surface area contributed by atoms with Crippen molar-refractivity contribution in [2.24, 2.45) is 0 Å². The summed E-state index contributed by atoms with van der Waals surface area (Å²) in [5.41, 5.74) is 2.11. The maximum absolute atomic E-state index is 12.4. The second-order valence-electron chi connectivity index (χ2n) is 7.34. The van der Waals surface area contributed by atoms with Crippen LogP contribution >= 0.6 is 0 Å². The molecule has 3 unspecified atom stereocenters. The van der Waals surface area contributed by atoms with E-state index in [2.05, 4.69) is 57.4 Å². The number of rotatable bonds is 2. The van der Waals surface area contributed by atoms with Crippen LogP contribution in [0.3, 0.4) is 0 Å². The van der Waals surface area contributed by atoms with Gasteiger partial charge in [0.05, 0.1) is 0 Å². The van der Waals surface area contributed by atoms with Crippen LogP contribution in [0.5, 0.6) is 0 Å². The van der Waals surface area contributed by atoms with Crippen LogP contribution in [-0.2, 0) is 5.41 Å². The predicted molar refractivity (Wildman–Crippen MR) is 87.7 cm³/mol. The van der Waals surface area contributed by atoms with Gasteiger partial charge in [0, 0.05) is 23.7 Å². The predicted octanol–water partition coefficient (Wildman–Crippen LogP) is 3.24. The molecule has 116 valence electrons. The minimum absolute atomic E-state index is 0.0312. The summed E-state index contributed by atoms with van der Waals surface area (Å²) in [6, 6.07) is 9.06. The van der Waals surface area contributed by atoms with Crippen molar-refractivity contribution < 1.29 is 4.79 Å². The molecule has 1 saturated heterocycles. The van der Waals surface area contributed by atoms with Gasteiger partial charge in [-0.2, -0.15) is 0 Å². The highest BCUT2D eigenvalue weighted by molar-refractivity contribution is 5.94. The molecule has 3 heteroatoms. The van der Waals surface area contributed by atoms with E-state index in [4.69, 9.17) is 0 Å². The highest BCUT2D eigenvalue weighted by Crippen LogP contribution is 2.22. The lowest BCUT2D eigenvalue weighted by Gasteiger charge is -2.34. The van der Waals surface area contributed by atoms with Crippen LogP contribution in [-0.4, -0.2) is 24.0 Å². The van der Waals surface area contributed by atoms with Crippen LogP contribution in [0.4, 0.5) is 0 Å². The maximum atomic E-state index is 12.4. The van der Waals surface area contributed by atoms with Gasteiger partial charge in [-0.05, 0) is 49.8 Å². The lowest BCUT2D eigenvalue weighted by Crippen LogP contribution is -2.54. The summed E-state index contributed by atoms with van der Waals surface area (Å²) in [6.45, 7) is 10.9. The zero-order chi connectivity index (χ0) is 15.6. The molecule has 1 aliphatic heterocycles. The summed E-state index contributed by atoms with van der Waals surface area (Å²) in [6.07, 6.45) is 2.15. The van der Waals surface area contributed by atoms with Crippen molar-refractivity contribution in [3.05, 3.63) is 35.4 Å². The van der Waals surface area contributed by atoms with Gasteiger partial charge < -0.3 is 10.6 Å². The monoisotopic (exact) mass is 288 g/mol. The third-order valence-electron chi connectivity index (χ3n) is 4.39. The first-order chi connectivity index (χ1) is 9.77. The van der Waals surface area contributed by atoms with E-state index >= 15 is 0 Å². The SMILES string of the molecule is CC1CCC(NC(=O)c2ccc(C(C)(C)C)cc2)C(C)N1. The maximum Gasteiger partial charge on any atom is 0.251 e. The third-order valence-corrected chi connectivity index (χ3v) is 4.39. The molecule has 0 radical (unpaired) electrons. The number of benzene rings is 1.